The lowest BCUT2D eigenvalue weighted by Crippen LogP contribution is -2.47. The van der Waals surface area contributed by atoms with Crippen LogP contribution in [0.4, 0.5) is 33.3 Å². The van der Waals surface area contributed by atoms with E-state index in [-0.39, 0.29) is 36.7 Å². The number of anilines is 2. The van der Waals surface area contributed by atoms with Crippen LogP contribution in [-0.2, 0) is 11.3 Å². The van der Waals surface area contributed by atoms with Gasteiger partial charge in [0, 0.05) is 49.9 Å². The van der Waals surface area contributed by atoms with Crippen molar-refractivity contribution in [1.29, 1.82) is 0 Å². The number of alkyl halides is 3. The Balaban J connectivity index is 1.68. The predicted octanol–water partition coefficient (Wildman–Crippen LogP) is 4.97. The van der Waals surface area contributed by atoms with Crippen LogP contribution < -0.4 is 15.5 Å². The molecule has 1 fully saturated rings. The van der Waals surface area contributed by atoms with Crippen LogP contribution in [0.3, 0.4) is 0 Å². The Bertz CT molecular complexity index is 1200. The minimum Gasteiger partial charge on any atom is -0.383 e. The number of aliphatic hydroxyl groups is 1. The highest BCUT2D eigenvalue weighted by Crippen LogP contribution is 2.31. The molecule has 2 amide bonds. The first kappa shape index (κ1) is 31.6. The van der Waals surface area contributed by atoms with E-state index < -0.39 is 47.7 Å². The zero-order chi connectivity index (χ0) is 29.6. The lowest BCUT2D eigenvalue weighted by molar-refractivity contribution is -0.138. The third-order valence-corrected chi connectivity index (χ3v) is 6.72. The van der Waals surface area contributed by atoms with E-state index in [1.165, 1.54) is 18.2 Å². The fraction of sp³-hybridized carbons (Fsp3) is 0.481. The Labute approximate surface area is 234 Å². The number of amides is 2. The van der Waals surface area contributed by atoms with Crippen molar-refractivity contribution in [2.24, 2.45) is 5.92 Å². The van der Waals surface area contributed by atoms with Gasteiger partial charge in [0.15, 0.2) is 11.6 Å². The van der Waals surface area contributed by atoms with Gasteiger partial charge in [-0.1, -0.05) is 31.5 Å². The largest absolute Gasteiger partial charge is 0.390 e. The van der Waals surface area contributed by atoms with E-state index in [1.807, 2.05) is 18.7 Å². The molecule has 3 rings (SSSR count). The first-order valence-corrected chi connectivity index (χ1v) is 13.2. The summed E-state index contributed by atoms with van der Waals surface area (Å²) in [4.78, 5) is 28.5. The third kappa shape index (κ3) is 8.77. The Kier molecular flexibility index (Phi) is 10.7. The number of nitrogens with zero attached hydrogens (tertiary/aromatic N) is 2. The van der Waals surface area contributed by atoms with Crippen molar-refractivity contribution in [3.05, 3.63) is 58.1 Å². The lowest BCUT2D eigenvalue weighted by Gasteiger charge is -2.37. The number of carbonyl (C=O) groups is 2. The standard InChI is InChI=1S/C27H32ClF5N4O3/c1-16(2)13-22(38)26(40)34-15-17-3-5-19(24(30)23(17)29)25(39)35-20-6-4-18(28)14-21(20)37-11-9-36(10-12-37)8-7-27(31,32)33/h3-6,14,16,22,38H,7-13,15H2,1-2H3,(H,34,40)(H,35,39)/t22-/m0/s1. The Morgan fingerprint density at radius 2 is 1.73 bits per heavy atom. The summed E-state index contributed by atoms with van der Waals surface area (Å²) in [7, 11) is 0. The molecule has 1 aliphatic rings. The Hall–Kier alpha value is -2.96. The zero-order valence-corrected chi connectivity index (χ0v) is 22.9. The quantitative estimate of drug-likeness (QED) is 0.341. The monoisotopic (exact) mass is 590 g/mol. The topological polar surface area (TPSA) is 84.9 Å². The highest BCUT2D eigenvalue weighted by molar-refractivity contribution is 6.31. The second-order valence-corrected chi connectivity index (χ2v) is 10.5. The number of hydrogen-bond acceptors (Lipinski definition) is 5. The average molecular weight is 591 g/mol. The molecule has 2 aromatic carbocycles. The molecule has 7 nitrogen and oxygen atoms in total. The smallest absolute Gasteiger partial charge is 0.383 e. The summed E-state index contributed by atoms with van der Waals surface area (Å²) in [6.45, 7) is 4.63. The fourth-order valence-electron chi connectivity index (χ4n) is 4.31. The predicted molar refractivity (Wildman–Crippen MR) is 142 cm³/mol. The number of hydrogen-bond donors (Lipinski definition) is 3. The number of aliphatic hydroxyl groups excluding tert-OH is 1. The molecule has 3 N–H and O–H groups in total. The lowest BCUT2D eigenvalue weighted by atomic mass is 10.1. The molecule has 1 atom stereocenters. The maximum Gasteiger partial charge on any atom is 0.390 e. The SMILES string of the molecule is CC(C)C[C@H](O)C(=O)NCc1ccc(C(=O)Nc2ccc(Cl)cc2N2CCN(CCC(F)(F)F)CC2)c(F)c1F. The first-order chi connectivity index (χ1) is 18.7. The summed E-state index contributed by atoms with van der Waals surface area (Å²) >= 11 is 6.15. The summed E-state index contributed by atoms with van der Waals surface area (Å²) in [6, 6.07) is 6.86. The van der Waals surface area contributed by atoms with Crippen LogP contribution in [0.1, 0.15) is 42.6 Å². The van der Waals surface area contributed by atoms with Crippen molar-refractivity contribution in [3.8, 4) is 0 Å². The molecule has 0 unspecified atom stereocenters. The van der Waals surface area contributed by atoms with Crippen molar-refractivity contribution >= 4 is 34.8 Å². The fourth-order valence-corrected chi connectivity index (χ4v) is 4.48. The number of piperazine rings is 1. The highest BCUT2D eigenvalue weighted by atomic mass is 35.5. The second-order valence-electron chi connectivity index (χ2n) is 10.1. The molecule has 13 heteroatoms. The Morgan fingerprint density at radius 1 is 1.05 bits per heavy atom. The summed E-state index contributed by atoms with van der Waals surface area (Å²) in [6.07, 6.45) is -6.21. The number of rotatable bonds is 10. The maximum absolute atomic E-state index is 14.9. The molecule has 0 spiro atoms. The van der Waals surface area contributed by atoms with Gasteiger partial charge in [0.25, 0.3) is 5.91 Å². The van der Waals surface area contributed by atoms with Crippen LogP contribution in [-0.4, -0.2) is 66.8 Å². The highest BCUT2D eigenvalue weighted by Gasteiger charge is 2.29. The number of benzene rings is 2. The van der Waals surface area contributed by atoms with Crippen LogP contribution in [0.2, 0.25) is 5.02 Å². The third-order valence-electron chi connectivity index (χ3n) is 6.49. The van der Waals surface area contributed by atoms with Crippen LogP contribution in [0.5, 0.6) is 0 Å². The first-order valence-electron chi connectivity index (χ1n) is 12.8. The van der Waals surface area contributed by atoms with E-state index >= 15 is 0 Å². The van der Waals surface area contributed by atoms with Gasteiger partial charge in [-0.3, -0.25) is 14.5 Å². The van der Waals surface area contributed by atoms with Gasteiger partial charge in [-0.15, -0.1) is 0 Å². The summed E-state index contributed by atoms with van der Waals surface area (Å²) < 4.78 is 67.3. The molecule has 1 aliphatic heterocycles. The van der Waals surface area contributed by atoms with Crippen LogP contribution in [0.15, 0.2) is 30.3 Å². The van der Waals surface area contributed by atoms with Gasteiger partial charge in [0.05, 0.1) is 23.4 Å². The molecule has 0 radical (unpaired) electrons. The van der Waals surface area contributed by atoms with Gasteiger partial charge in [0.1, 0.15) is 6.10 Å². The van der Waals surface area contributed by atoms with Crippen LogP contribution in [0.25, 0.3) is 0 Å². The van der Waals surface area contributed by atoms with Crippen molar-refractivity contribution in [2.45, 2.75) is 45.5 Å². The average Bonchev–Trinajstić information content (AvgIpc) is 2.88. The van der Waals surface area contributed by atoms with Gasteiger partial charge in [0.2, 0.25) is 5.91 Å². The summed E-state index contributed by atoms with van der Waals surface area (Å²) in [5.74, 6) is -4.29. The zero-order valence-electron chi connectivity index (χ0n) is 22.1. The maximum atomic E-state index is 14.9. The van der Waals surface area contributed by atoms with E-state index in [4.69, 9.17) is 11.6 Å². The second kappa shape index (κ2) is 13.6. The molecular weight excluding hydrogens is 559 g/mol. The van der Waals surface area contributed by atoms with Crippen molar-refractivity contribution < 1.29 is 36.6 Å². The summed E-state index contributed by atoms with van der Waals surface area (Å²) in [5, 5.41) is 15.1. The number of halogens is 6. The van der Waals surface area contributed by atoms with E-state index in [1.54, 1.807) is 11.0 Å². The van der Waals surface area contributed by atoms with Crippen molar-refractivity contribution in [2.75, 3.05) is 42.9 Å². The van der Waals surface area contributed by atoms with Gasteiger partial charge >= 0.3 is 6.18 Å². The molecule has 220 valence electrons. The van der Waals surface area contributed by atoms with Crippen molar-refractivity contribution in [1.82, 2.24) is 10.2 Å². The Morgan fingerprint density at radius 3 is 2.35 bits per heavy atom. The van der Waals surface area contributed by atoms with Gasteiger partial charge in [-0.2, -0.15) is 13.2 Å². The van der Waals surface area contributed by atoms with Gasteiger partial charge in [-0.25, -0.2) is 8.78 Å². The normalized spacial score (nSPS) is 15.3. The molecular formula is C27H32ClF5N4O3. The van der Waals surface area contributed by atoms with Crippen molar-refractivity contribution in [3.63, 3.8) is 0 Å². The van der Waals surface area contributed by atoms with Crippen LogP contribution in [0, 0.1) is 17.6 Å². The molecule has 2 aromatic rings. The van der Waals surface area contributed by atoms with Crippen LogP contribution >= 0.6 is 11.6 Å². The van der Waals surface area contributed by atoms with E-state index in [0.717, 1.165) is 6.07 Å². The minimum atomic E-state index is -4.24. The molecule has 40 heavy (non-hydrogen) atoms. The number of carbonyl (C=O) groups excluding carboxylic acids is 2. The minimum absolute atomic E-state index is 0.0572. The number of nitrogens with one attached hydrogen (secondary N) is 2. The molecule has 1 heterocycles. The van der Waals surface area contributed by atoms with E-state index in [0.29, 0.717) is 36.9 Å². The molecule has 0 aromatic heterocycles. The molecule has 1 saturated heterocycles. The van der Waals surface area contributed by atoms with E-state index in [2.05, 4.69) is 10.6 Å². The molecule has 0 bridgehead atoms. The van der Waals surface area contributed by atoms with E-state index in [9.17, 15) is 36.6 Å². The molecule has 0 saturated carbocycles. The van der Waals surface area contributed by atoms with Gasteiger partial charge < -0.3 is 20.6 Å². The molecule has 0 aliphatic carbocycles. The summed E-state index contributed by atoms with van der Waals surface area (Å²) in [5.41, 5.74) is 0.00457. The van der Waals surface area contributed by atoms with Gasteiger partial charge in [-0.05, 0) is 36.6 Å².